The van der Waals surface area contributed by atoms with Crippen molar-refractivity contribution in [2.75, 3.05) is 0 Å². The molecule has 1 aromatic carbocycles. The zero-order valence-corrected chi connectivity index (χ0v) is 11.2. The minimum Gasteiger partial charge on any atom is -0.327 e. The normalized spacial score (nSPS) is 23.3. The van der Waals surface area contributed by atoms with Crippen molar-refractivity contribution in [3.05, 3.63) is 48.0 Å². The number of nitrogens with two attached hydrogens (primary N) is 1. The summed E-state index contributed by atoms with van der Waals surface area (Å²) in [7, 11) is 0. The number of rotatable bonds is 5. The van der Waals surface area contributed by atoms with Crippen LogP contribution in [0.4, 0.5) is 0 Å². The molecule has 1 aliphatic carbocycles. The molecular weight excluding hydrogens is 236 g/mol. The molecule has 4 nitrogen and oxygen atoms in total. The summed E-state index contributed by atoms with van der Waals surface area (Å²) in [6, 6.07) is 10.8. The van der Waals surface area contributed by atoms with Crippen LogP contribution in [0.25, 0.3) is 0 Å². The van der Waals surface area contributed by atoms with E-state index >= 15 is 0 Å². The second-order valence-corrected chi connectivity index (χ2v) is 5.28. The number of hydrogen-bond donors (Lipinski definition) is 1. The number of aromatic nitrogens is 3. The second kappa shape index (κ2) is 5.13. The molecule has 19 heavy (non-hydrogen) atoms. The van der Waals surface area contributed by atoms with E-state index in [9.17, 15) is 0 Å². The first-order chi connectivity index (χ1) is 9.29. The Morgan fingerprint density at radius 2 is 2.16 bits per heavy atom. The average Bonchev–Trinajstić information content (AvgIpc) is 3.14. The van der Waals surface area contributed by atoms with Crippen molar-refractivity contribution in [1.82, 2.24) is 14.8 Å². The first-order valence-electron chi connectivity index (χ1n) is 6.96. The highest BCUT2D eigenvalue weighted by Gasteiger charge is 2.42. The van der Waals surface area contributed by atoms with Crippen LogP contribution in [0, 0.1) is 5.92 Å². The van der Waals surface area contributed by atoms with Crippen LogP contribution in [0.5, 0.6) is 0 Å². The van der Waals surface area contributed by atoms with Crippen molar-refractivity contribution >= 4 is 0 Å². The molecule has 100 valence electrons. The van der Waals surface area contributed by atoms with Crippen LogP contribution in [-0.2, 0) is 13.0 Å². The number of aryl methyl sites for hydroxylation is 1. The Hall–Kier alpha value is -1.68. The lowest BCUT2D eigenvalue weighted by Crippen LogP contribution is -2.27. The van der Waals surface area contributed by atoms with Crippen LogP contribution in [0.15, 0.2) is 36.7 Å². The van der Waals surface area contributed by atoms with Gasteiger partial charge in [-0.1, -0.05) is 30.3 Å². The molecule has 3 atom stereocenters. The predicted molar refractivity (Wildman–Crippen MR) is 74.7 cm³/mol. The first kappa shape index (κ1) is 12.4. The van der Waals surface area contributed by atoms with Gasteiger partial charge in [-0.15, -0.1) is 0 Å². The standard InChI is InChI=1S/C15H20N4/c1-2-19-15(17-10-18-19)9-14(16)13-8-12(13)11-6-4-3-5-7-11/h3-7,10,12-14H,2,8-9,16H2,1H3. The summed E-state index contributed by atoms with van der Waals surface area (Å²) in [5.41, 5.74) is 7.76. The fraction of sp³-hybridized carbons (Fsp3) is 0.467. The zero-order chi connectivity index (χ0) is 13.2. The van der Waals surface area contributed by atoms with Crippen molar-refractivity contribution in [2.45, 2.75) is 38.3 Å². The maximum atomic E-state index is 6.34. The SMILES string of the molecule is CCn1ncnc1CC(N)C1CC1c1ccccc1. The molecule has 0 saturated heterocycles. The van der Waals surface area contributed by atoms with Crippen LogP contribution < -0.4 is 5.73 Å². The third-order valence-electron chi connectivity index (χ3n) is 4.03. The molecule has 1 aliphatic rings. The molecule has 0 radical (unpaired) electrons. The molecule has 1 saturated carbocycles. The lowest BCUT2D eigenvalue weighted by atomic mass is 10.0. The molecule has 0 spiro atoms. The lowest BCUT2D eigenvalue weighted by Gasteiger charge is -2.11. The summed E-state index contributed by atoms with van der Waals surface area (Å²) < 4.78 is 1.93. The van der Waals surface area contributed by atoms with Crippen LogP contribution in [-0.4, -0.2) is 20.8 Å². The molecule has 3 unspecified atom stereocenters. The summed E-state index contributed by atoms with van der Waals surface area (Å²) in [5.74, 6) is 2.23. The molecule has 4 heteroatoms. The molecule has 2 N–H and O–H groups in total. The largest absolute Gasteiger partial charge is 0.327 e. The van der Waals surface area contributed by atoms with Crippen LogP contribution in [0.3, 0.4) is 0 Å². The highest BCUT2D eigenvalue weighted by molar-refractivity contribution is 5.26. The summed E-state index contributed by atoms with van der Waals surface area (Å²) in [6.07, 6.45) is 3.64. The molecule has 3 rings (SSSR count). The van der Waals surface area contributed by atoms with Crippen molar-refractivity contribution < 1.29 is 0 Å². The monoisotopic (exact) mass is 256 g/mol. The van der Waals surface area contributed by atoms with E-state index in [0.717, 1.165) is 18.8 Å². The molecule has 1 fully saturated rings. The second-order valence-electron chi connectivity index (χ2n) is 5.28. The predicted octanol–water partition coefficient (Wildman–Crippen LogP) is 1.97. The number of hydrogen-bond acceptors (Lipinski definition) is 3. The fourth-order valence-electron chi connectivity index (χ4n) is 2.84. The van der Waals surface area contributed by atoms with Gasteiger partial charge in [-0.25, -0.2) is 4.98 Å². The van der Waals surface area contributed by atoms with Crippen molar-refractivity contribution in [1.29, 1.82) is 0 Å². The van der Waals surface area contributed by atoms with Gasteiger partial charge in [0.25, 0.3) is 0 Å². The van der Waals surface area contributed by atoms with Crippen molar-refractivity contribution in [3.63, 3.8) is 0 Å². The van der Waals surface area contributed by atoms with Gasteiger partial charge < -0.3 is 5.73 Å². The molecule has 1 heterocycles. The van der Waals surface area contributed by atoms with Gasteiger partial charge in [0, 0.05) is 19.0 Å². The van der Waals surface area contributed by atoms with Gasteiger partial charge in [0.05, 0.1) is 0 Å². The van der Waals surface area contributed by atoms with E-state index in [2.05, 4.69) is 47.3 Å². The van der Waals surface area contributed by atoms with Crippen molar-refractivity contribution in [2.24, 2.45) is 11.7 Å². The Bertz CT molecular complexity index is 534. The topological polar surface area (TPSA) is 56.7 Å². The van der Waals surface area contributed by atoms with Gasteiger partial charge >= 0.3 is 0 Å². The number of nitrogens with zero attached hydrogens (tertiary/aromatic N) is 3. The minimum absolute atomic E-state index is 0.180. The van der Waals surface area contributed by atoms with E-state index in [-0.39, 0.29) is 6.04 Å². The molecule has 0 aliphatic heterocycles. The highest BCUT2D eigenvalue weighted by atomic mass is 15.3. The quantitative estimate of drug-likeness (QED) is 0.890. The third-order valence-corrected chi connectivity index (χ3v) is 4.03. The van der Waals surface area contributed by atoms with E-state index in [0.29, 0.717) is 11.8 Å². The maximum Gasteiger partial charge on any atom is 0.138 e. The van der Waals surface area contributed by atoms with Gasteiger partial charge in [-0.2, -0.15) is 5.10 Å². The summed E-state index contributed by atoms with van der Waals surface area (Å²) >= 11 is 0. The van der Waals surface area contributed by atoms with Crippen molar-refractivity contribution in [3.8, 4) is 0 Å². The van der Waals surface area contributed by atoms with Gasteiger partial charge in [0.1, 0.15) is 12.2 Å². The average molecular weight is 256 g/mol. The smallest absolute Gasteiger partial charge is 0.138 e. The van der Waals surface area contributed by atoms with Gasteiger partial charge in [0.2, 0.25) is 0 Å². The first-order valence-corrected chi connectivity index (χ1v) is 6.96. The molecule has 0 amide bonds. The Morgan fingerprint density at radius 3 is 2.89 bits per heavy atom. The lowest BCUT2D eigenvalue weighted by molar-refractivity contribution is 0.527. The summed E-state index contributed by atoms with van der Waals surface area (Å²) in [6.45, 7) is 2.93. The molecule has 0 bridgehead atoms. The zero-order valence-electron chi connectivity index (χ0n) is 11.2. The van der Waals surface area contributed by atoms with Crippen LogP contribution >= 0.6 is 0 Å². The van der Waals surface area contributed by atoms with Gasteiger partial charge in [-0.05, 0) is 30.7 Å². The van der Waals surface area contributed by atoms with E-state index in [1.54, 1.807) is 6.33 Å². The van der Waals surface area contributed by atoms with E-state index in [1.165, 1.54) is 12.0 Å². The van der Waals surface area contributed by atoms with Crippen LogP contribution in [0.2, 0.25) is 0 Å². The summed E-state index contributed by atoms with van der Waals surface area (Å²) in [4.78, 5) is 4.31. The van der Waals surface area contributed by atoms with Gasteiger partial charge in [-0.3, -0.25) is 4.68 Å². The Balaban J connectivity index is 1.63. The number of benzene rings is 1. The Labute approximate surface area is 113 Å². The Morgan fingerprint density at radius 1 is 1.37 bits per heavy atom. The fourth-order valence-corrected chi connectivity index (χ4v) is 2.84. The highest BCUT2D eigenvalue weighted by Crippen LogP contribution is 2.49. The molecular formula is C15H20N4. The summed E-state index contributed by atoms with van der Waals surface area (Å²) in [5, 5.41) is 4.19. The van der Waals surface area contributed by atoms with E-state index < -0.39 is 0 Å². The molecule has 1 aromatic heterocycles. The third kappa shape index (κ3) is 2.54. The van der Waals surface area contributed by atoms with E-state index in [4.69, 9.17) is 5.73 Å². The van der Waals surface area contributed by atoms with Crippen LogP contribution in [0.1, 0.15) is 30.7 Å². The van der Waals surface area contributed by atoms with E-state index in [1.807, 2.05) is 4.68 Å². The Kier molecular flexibility index (Phi) is 3.34. The minimum atomic E-state index is 0.180. The maximum absolute atomic E-state index is 6.34. The van der Waals surface area contributed by atoms with Gasteiger partial charge in [0.15, 0.2) is 0 Å². The molecule has 2 aromatic rings.